The van der Waals surface area contributed by atoms with Gasteiger partial charge in [-0.1, -0.05) is 51.1 Å². The Kier molecular flexibility index (Phi) is 7.67. The normalized spacial score (nSPS) is 29.0. The summed E-state index contributed by atoms with van der Waals surface area (Å²) in [7, 11) is -3.82. The van der Waals surface area contributed by atoms with Crippen LogP contribution < -0.4 is 15.4 Å². The molecule has 1 aromatic carbocycles. The van der Waals surface area contributed by atoms with Gasteiger partial charge < -0.3 is 15.5 Å². The molecular weight excluding hydrogens is 582 g/mol. The lowest BCUT2D eigenvalue weighted by atomic mass is 9.85. The molecule has 3 aliphatic carbocycles. The summed E-state index contributed by atoms with van der Waals surface area (Å²) in [4.78, 5) is 58.4. The highest BCUT2D eigenvalue weighted by Gasteiger charge is 2.62. The van der Waals surface area contributed by atoms with Crippen molar-refractivity contribution in [2.75, 3.05) is 6.54 Å². The average Bonchev–Trinajstić information content (AvgIpc) is 3.88. The van der Waals surface area contributed by atoms with Gasteiger partial charge in [0.1, 0.15) is 17.6 Å². The highest BCUT2D eigenvalue weighted by Crippen LogP contribution is 2.46. The van der Waals surface area contributed by atoms with Crippen LogP contribution in [0.2, 0.25) is 0 Å². The fourth-order valence-corrected chi connectivity index (χ4v) is 7.99. The van der Waals surface area contributed by atoms with Gasteiger partial charge in [-0.15, -0.1) is 6.58 Å². The van der Waals surface area contributed by atoms with Crippen LogP contribution in [0, 0.1) is 17.3 Å². The monoisotopic (exact) mass is 625 g/mol. The predicted molar refractivity (Wildman–Crippen MR) is 163 cm³/mol. The molecule has 44 heavy (non-hydrogen) atoms. The Hall–Kier alpha value is -3.25. The van der Waals surface area contributed by atoms with Crippen LogP contribution in [0.3, 0.4) is 0 Å². The molecule has 3 N–H and O–H groups in total. The zero-order valence-corrected chi connectivity index (χ0v) is 26.5. The third kappa shape index (κ3) is 5.90. The van der Waals surface area contributed by atoms with E-state index in [1.807, 2.05) is 32.9 Å². The van der Waals surface area contributed by atoms with Gasteiger partial charge in [0.05, 0.1) is 5.25 Å². The van der Waals surface area contributed by atoms with Gasteiger partial charge in [-0.05, 0) is 55.1 Å². The molecule has 2 heterocycles. The minimum Gasteiger partial charge on any atom is -0.344 e. The van der Waals surface area contributed by atoms with Crippen LogP contribution in [-0.4, -0.2) is 77.3 Å². The molecule has 0 bridgehead atoms. The first-order chi connectivity index (χ1) is 20.7. The lowest BCUT2D eigenvalue weighted by Gasteiger charge is -2.36. The first kappa shape index (κ1) is 30.8. The second-order valence-corrected chi connectivity index (χ2v) is 16.3. The van der Waals surface area contributed by atoms with Crippen molar-refractivity contribution in [3.8, 4) is 0 Å². The first-order valence-electron chi connectivity index (χ1n) is 15.7. The molecule has 11 nitrogen and oxygen atoms in total. The number of carbonyl (C=O) groups is 4. The van der Waals surface area contributed by atoms with Crippen molar-refractivity contribution < 1.29 is 27.6 Å². The molecule has 5 aliphatic rings. The van der Waals surface area contributed by atoms with Crippen molar-refractivity contribution in [3.63, 3.8) is 0 Å². The third-order valence-corrected chi connectivity index (χ3v) is 11.7. The van der Waals surface area contributed by atoms with Crippen molar-refractivity contribution in [1.29, 1.82) is 0 Å². The first-order valence-corrected chi connectivity index (χ1v) is 17.2. The number of nitrogens with zero attached hydrogens (tertiary/aromatic N) is 2. The summed E-state index contributed by atoms with van der Waals surface area (Å²) in [6, 6.07) is 6.29. The summed E-state index contributed by atoms with van der Waals surface area (Å²) < 4.78 is 27.4. The molecule has 2 aliphatic heterocycles. The quantitative estimate of drug-likeness (QED) is 0.335. The Morgan fingerprint density at radius 1 is 1.02 bits per heavy atom. The van der Waals surface area contributed by atoms with Crippen molar-refractivity contribution in [2.45, 2.75) is 101 Å². The molecule has 12 heteroatoms. The van der Waals surface area contributed by atoms with Gasteiger partial charge in [0.15, 0.2) is 0 Å². The fourth-order valence-electron chi connectivity index (χ4n) is 6.63. The smallest absolute Gasteiger partial charge is 0.259 e. The van der Waals surface area contributed by atoms with Crippen molar-refractivity contribution in [3.05, 3.63) is 48.0 Å². The second kappa shape index (κ2) is 11.0. The molecule has 5 atom stereocenters. The molecule has 0 radical (unpaired) electrons. The van der Waals surface area contributed by atoms with E-state index in [1.54, 1.807) is 11.0 Å². The second-order valence-electron chi connectivity index (χ2n) is 14.3. The van der Waals surface area contributed by atoms with Gasteiger partial charge in [-0.25, -0.2) is 8.42 Å². The van der Waals surface area contributed by atoms with Crippen molar-refractivity contribution >= 4 is 33.7 Å². The Labute approximate surface area is 259 Å². The number of nitrogens with one attached hydrogen (secondary N) is 3. The molecule has 0 spiro atoms. The Morgan fingerprint density at radius 3 is 2.18 bits per heavy atom. The molecule has 1 saturated heterocycles. The standard InChI is InChI=1S/C32H43N5O6S/c1-5-22-15-32(22,30(41)35-44(42,43)24-12-13-24)34-28(39)25-14-23(36-16-20-8-6-7-9-21(20)17-36)18-37(25)29(40)26(31(2,3)4)33-27(38)19-10-11-19/h5-9,19,22-26H,1,10-18H2,2-4H3,(H,33,38)(H,34,39)(H,35,41)/t22-,23+,25-,26+,32+/m0/s1. The molecule has 0 aromatic heterocycles. The number of benzene rings is 1. The number of hydrogen-bond donors (Lipinski definition) is 3. The number of fused-ring (bicyclic) bond motifs is 1. The van der Waals surface area contributed by atoms with E-state index >= 15 is 0 Å². The van der Waals surface area contributed by atoms with Crippen LogP contribution in [0.5, 0.6) is 0 Å². The number of rotatable bonds is 10. The Morgan fingerprint density at radius 2 is 1.66 bits per heavy atom. The summed E-state index contributed by atoms with van der Waals surface area (Å²) in [5.74, 6) is -2.29. The molecular formula is C32H43N5O6S. The highest BCUT2D eigenvalue weighted by atomic mass is 32.2. The van der Waals surface area contributed by atoms with Crippen LogP contribution in [0.1, 0.15) is 70.4 Å². The summed E-state index contributed by atoms with van der Waals surface area (Å²) in [5, 5.41) is 5.25. The van der Waals surface area contributed by atoms with E-state index in [4.69, 9.17) is 0 Å². The lowest BCUT2D eigenvalue weighted by molar-refractivity contribution is -0.144. The average molecular weight is 626 g/mol. The summed E-state index contributed by atoms with van der Waals surface area (Å²) >= 11 is 0. The van der Waals surface area contributed by atoms with E-state index in [-0.39, 0.29) is 36.7 Å². The molecule has 4 amide bonds. The molecule has 6 rings (SSSR count). The molecule has 4 fully saturated rings. The largest absolute Gasteiger partial charge is 0.344 e. The number of carbonyl (C=O) groups excluding carboxylic acids is 4. The predicted octanol–water partition coefficient (Wildman–Crippen LogP) is 1.58. The minimum atomic E-state index is -3.82. The molecule has 1 aromatic rings. The van der Waals surface area contributed by atoms with Gasteiger partial charge in [-0.2, -0.15) is 0 Å². The Balaban J connectivity index is 1.25. The van der Waals surface area contributed by atoms with Crippen LogP contribution in [0.15, 0.2) is 36.9 Å². The van der Waals surface area contributed by atoms with Gasteiger partial charge in [0.25, 0.3) is 5.91 Å². The zero-order valence-electron chi connectivity index (χ0n) is 25.7. The summed E-state index contributed by atoms with van der Waals surface area (Å²) in [5.41, 5.74) is 0.359. The number of hydrogen-bond acceptors (Lipinski definition) is 7. The maximum absolute atomic E-state index is 14.3. The van der Waals surface area contributed by atoms with Crippen LogP contribution in [-0.2, 0) is 42.3 Å². The molecule has 3 saturated carbocycles. The summed E-state index contributed by atoms with van der Waals surface area (Å²) in [6.45, 7) is 11.1. The topological polar surface area (TPSA) is 145 Å². The van der Waals surface area contributed by atoms with Crippen molar-refractivity contribution in [1.82, 2.24) is 25.2 Å². The zero-order chi connectivity index (χ0) is 31.6. The van der Waals surface area contributed by atoms with E-state index in [0.29, 0.717) is 32.4 Å². The summed E-state index contributed by atoms with van der Waals surface area (Å²) in [6.07, 6.45) is 4.72. The van der Waals surface area contributed by atoms with E-state index < -0.39 is 56.0 Å². The van der Waals surface area contributed by atoms with E-state index in [0.717, 1.165) is 12.8 Å². The number of likely N-dealkylation sites (tertiary alicyclic amines) is 1. The molecule has 0 unspecified atom stereocenters. The third-order valence-electron chi connectivity index (χ3n) is 9.84. The SMILES string of the molecule is C=C[C@H]1C[C@]1(NC(=O)[C@@H]1C[C@@H](N2Cc3ccccc3C2)CN1C(=O)[C@@H](NC(=O)C1CC1)C(C)(C)C)C(=O)NS(=O)(=O)C1CC1. The molecule has 238 valence electrons. The van der Waals surface area contributed by atoms with Gasteiger partial charge in [-0.3, -0.25) is 28.8 Å². The minimum absolute atomic E-state index is 0.0860. The van der Waals surface area contributed by atoms with Crippen molar-refractivity contribution in [2.24, 2.45) is 17.3 Å². The van der Waals surface area contributed by atoms with Crippen LogP contribution in [0.4, 0.5) is 0 Å². The van der Waals surface area contributed by atoms with E-state index in [1.165, 1.54) is 11.1 Å². The van der Waals surface area contributed by atoms with Gasteiger partial charge in [0, 0.05) is 37.5 Å². The maximum atomic E-state index is 14.3. The van der Waals surface area contributed by atoms with Crippen LogP contribution in [0.25, 0.3) is 0 Å². The highest BCUT2D eigenvalue weighted by molar-refractivity contribution is 7.91. The number of amides is 4. The van der Waals surface area contributed by atoms with Gasteiger partial charge in [0.2, 0.25) is 27.7 Å². The van der Waals surface area contributed by atoms with E-state index in [2.05, 4.69) is 39.0 Å². The Bertz CT molecular complexity index is 1470. The number of sulfonamides is 1. The van der Waals surface area contributed by atoms with Gasteiger partial charge >= 0.3 is 0 Å². The lowest BCUT2D eigenvalue weighted by Crippen LogP contribution is -2.60. The maximum Gasteiger partial charge on any atom is 0.259 e. The van der Waals surface area contributed by atoms with E-state index in [9.17, 15) is 27.6 Å². The fraction of sp³-hybridized carbons (Fsp3) is 0.625. The van der Waals surface area contributed by atoms with Crippen LogP contribution >= 0.6 is 0 Å².